The first-order valence-corrected chi connectivity index (χ1v) is 13.9. The minimum atomic E-state index is -0.464. The summed E-state index contributed by atoms with van der Waals surface area (Å²) in [5, 5.41) is 8.02. The van der Waals surface area contributed by atoms with E-state index < -0.39 is 5.25 Å². The zero-order valence-corrected chi connectivity index (χ0v) is 23.1. The summed E-state index contributed by atoms with van der Waals surface area (Å²) < 4.78 is 0. The molecule has 0 aliphatic heterocycles. The van der Waals surface area contributed by atoms with E-state index in [-0.39, 0.29) is 17.2 Å². The molecule has 0 spiro atoms. The topological polar surface area (TPSA) is 71.1 Å². The number of aromatic nitrogens is 1. The maximum atomic E-state index is 13.4. The molecule has 3 aromatic carbocycles. The van der Waals surface area contributed by atoms with Gasteiger partial charge in [0.1, 0.15) is 5.25 Å². The van der Waals surface area contributed by atoms with Crippen molar-refractivity contribution in [3.05, 3.63) is 95.4 Å². The number of carbonyl (C=O) groups is 2. The highest BCUT2D eigenvalue weighted by molar-refractivity contribution is 8.00. The van der Waals surface area contributed by atoms with E-state index in [1.807, 2.05) is 92.9 Å². The number of amides is 2. The van der Waals surface area contributed by atoms with Crippen LogP contribution in [0.5, 0.6) is 0 Å². The number of hydrogen-bond donors (Lipinski definition) is 2. The largest absolute Gasteiger partial charge is 0.326 e. The Morgan fingerprint density at radius 2 is 1.59 bits per heavy atom. The van der Waals surface area contributed by atoms with Gasteiger partial charge in [-0.05, 0) is 42.2 Å². The Hall–Kier alpha value is -3.42. The first-order chi connectivity index (χ1) is 17.7. The third-order valence-corrected chi connectivity index (χ3v) is 7.53. The van der Waals surface area contributed by atoms with E-state index in [0.717, 1.165) is 27.4 Å². The van der Waals surface area contributed by atoms with Gasteiger partial charge in [-0.15, -0.1) is 23.1 Å². The van der Waals surface area contributed by atoms with Gasteiger partial charge in [0.15, 0.2) is 5.13 Å². The smallest absolute Gasteiger partial charge is 0.244 e. The van der Waals surface area contributed by atoms with E-state index in [0.29, 0.717) is 11.6 Å². The molecule has 0 aliphatic rings. The Labute approximate surface area is 226 Å². The molecule has 0 aliphatic carbocycles. The highest BCUT2D eigenvalue weighted by Crippen LogP contribution is 2.37. The predicted molar refractivity (Wildman–Crippen MR) is 155 cm³/mol. The summed E-state index contributed by atoms with van der Waals surface area (Å²) >= 11 is 2.88. The summed E-state index contributed by atoms with van der Waals surface area (Å²) in [6.45, 7) is 8.16. The molecule has 7 heteroatoms. The highest BCUT2D eigenvalue weighted by atomic mass is 32.2. The van der Waals surface area contributed by atoms with E-state index >= 15 is 0 Å². The highest BCUT2D eigenvalue weighted by Gasteiger charge is 2.23. The molecule has 0 saturated carbocycles. The number of thiazole rings is 1. The molecule has 2 N–H and O–H groups in total. The number of nitrogens with one attached hydrogen (secondary N) is 2. The maximum Gasteiger partial charge on any atom is 0.244 e. The van der Waals surface area contributed by atoms with Crippen LogP contribution in [-0.2, 0) is 9.59 Å². The van der Waals surface area contributed by atoms with Crippen LogP contribution in [0.1, 0.15) is 43.6 Å². The van der Waals surface area contributed by atoms with Crippen LogP contribution >= 0.6 is 23.1 Å². The lowest BCUT2D eigenvalue weighted by Gasteiger charge is -2.18. The van der Waals surface area contributed by atoms with Gasteiger partial charge in [0, 0.05) is 27.9 Å². The zero-order chi connectivity index (χ0) is 26.4. The summed E-state index contributed by atoms with van der Waals surface area (Å²) in [6, 6.07) is 25.5. The fraction of sp³-hybridized carbons (Fsp3) is 0.233. The monoisotopic (exact) mass is 529 g/mol. The van der Waals surface area contributed by atoms with Crippen LogP contribution in [0.3, 0.4) is 0 Å². The lowest BCUT2D eigenvalue weighted by Crippen LogP contribution is -2.19. The van der Waals surface area contributed by atoms with Crippen molar-refractivity contribution in [3.63, 3.8) is 0 Å². The number of nitrogens with zero attached hydrogens (tertiary/aromatic N) is 1. The van der Waals surface area contributed by atoms with Crippen LogP contribution in [0.2, 0.25) is 0 Å². The van der Waals surface area contributed by atoms with Crippen LogP contribution in [0, 0.1) is 12.3 Å². The number of anilines is 2. The Balaban J connectivity index is 1.47. The van der Waals surface area contributed by atoms with E-state index in [9.17, 15) is 9.59 Å². The fourth-order valence-electron chi connectivity index (χ4n) is 3.70. The van der Waals surface area contributed by atoms with Gasteiger partial charge in [-0.2, -0.15) is 0 Å². The molecule has 4 aromatic rings. The van der Waals surface area contributed by atoms with Crippen LogP contribution in [0.25, 0.3) is 11.3 Å². The fourth-order valence-corrected chi connectivity index (χ4v) is 5.45. The molecule has 37 heavy (non-hydrogen) atoms. The van der Waals surface area contributed by atoms with Crippen molar-refractivity contribution in [2.24, 2.45) is 5.41 Å². The predicted octanol–water partition coefficient (Wildman–Crippen LogP) is 7.97. The molecule has 2 amide bonds. The minimum Gasteiger partial charge on any atom is -0.326 e. The number of aryl methyl sites for hydroxylation is 1. The van der Waals surface area contributed by atoms with Crippen molar-refractivity contribution < 1.29 is 9.59 Å². The third-order valence-electron chi connectivity index (χ3n) is 5.50. The van der Waals surface area contributed by atoms with Crippen LogP contribution < -0.4 is 10.6 Å². The molecule has 0 saturated heterocycles. The van der Waals surface area contributed by atoms with Crippen molar-refractivity contribution in [1.29, 1.82) is 0 Å². The molecule has 4 rings (SSSR count). The Morgan fingerprint density at radius 3 is 2.24 bits per heavy atom. The van der Waals surface area contributed by atoms with Gasteiger partial charge in [0.2, 0.25) is 11.8 Å². The molecule has 0 fully saturated rings. The number of rotatable bonds is 8. The molecular weight excluding hydrogens is 498 g/mol. The van der Waals surface area contributed by atoms with Gasteiger partial charge < -0.3 is 10.6 Å². The summed E-state index contributed by atoms with van der Waals surface area (Å²) in [6.07, 6.45) is 0.447. The second-order valence-corrected chi connectivity index (χ2v) is 12.1. The van der Waals surface area contributed by atoms with Gasteiger partial charge in [-0.1, -0.05) is 80.9 Å². The SMILES string of the molecule is Cc1ccc(-c2csc(NC(=O)C(Sc3ccc(NC(=O)CC(C)(C)C)cc3)c3ccccc3)n2)cc1. The number of hydrogen-bond acceptors (Lipinski definition) is 5. The summed E-state index contributed by atoms with van der Waals surface area (Å²) in [5.74, 6) is -0.147. The van der Waals surface area contributed by atoms with Crippen LogP contribution in [-0.4, -0.2) is 16.8 Å². The average molecular weight is 530 g/mol. The van der Waals surface area contributed by atoms with Crippen LogP contribution in [0.4, 0.5) is 10.8 Å². The maximum absolute atomic E-state index is 13.4. The van der Waals surface area contributed by atoms with Crippen molar-refractivity contribution in [2.45, 2.75) is 44.3 Å². The second-order valence-electron chi connectivity index (χ2n) is 10.1. The molecule has 1 unspecified atom stereocenters. The molecule has 5 nitrogen and oxygen atoms in total. The Kier molecular flexibility index (Phi) is 8.46. The molecule has 0 radical (unpaired) electrons. The summed E-state index contributed by atoms with van der Waals surface area (Å²) in [4.78, 5) is 31.3. The number of thioether (sulfide) groups is 1. The van der Waals surface area contributed by atoms with E-state index in [4.69, 9.17) is 0 Å². The van der Waals surface area contributed by atoms with E-state index in [1.54, 1.807) is 0 Å². The van der Waals surface area contributed by atoms with Gasteiger partial charge in [-0.3, -0.25) is 9.59 Å². The Morgan fingerprint density at radius 1 is 0.919 bits per heavy atom. The standard InChI is InChI=1S/C30H31N3O2S2/c1-20-10-12-21(13-11-20)25-19-36-29(32-25)33-28(35)27(22-8-6-5-7-9-22)37-24-16-14-23(15-17-24)31-26(34)18-30(2,3)4/h5-17,19,27H,18H2,1-4H3,(H,31,34)(H,32,33,35). The molecule has 1 atom stereocenters. The molecular formula is C30H31N3O2S2. The summed E-state index contributed by atoms with van der Waals surface area (Å²) in [5.41, 5.74) is 4.62. The second kappa shape index (κ2) is 11.8. The first kappa shape index (κ1) is 26.6. The van der Waals surface area contributed by atoms with Crippen molar-refractivity contribution >= 4 is 45.7 Å². The van der Waals surface area contributed by atoms with E-state index in [2.05, 4.69) is 34.7 Å². The van der Waals surface area contributed by atoms with Gasteiger partial charge >= 0.3 is 0 Å². The number of benzene rings is 3. The van der Waals surface area contributed by atoms with Gasteiger partial charge in [0.25, 0.3) is 0 Å². The quantitative estimate of drug-likeness (QED) is 0.227. The Bertz CT molecular complexity index is 1340. The first-order valence-electron chi connectivity index (χ1n) is 12.1. The molecule has 190 valence electrons. The van der Waals surface area contributed by atoms with Gasteiger partial charge in [0.05, 0.1) is 5.69 Å². The van der Waals surface area contributed by atoms with Crippen molar-refractivity contribution in [1.82, 2.24) is 4.98 Å². The van der Waals surface area contributed by atoms with Crippen LogP contribution in [0.15, 0.2) is 89.1 Å². The molecule has 1 heterocycles. The molecule has 0 bridgehead atoms. The lowest BCUT2D eigenvalue weighted by molar-refractivity contribution is -0.118. The van der Waals surface area contributed by atoms with Crippen molar-refractivity contribution in [2.75, 3.05) is 10.6 Å². The van der Waals surface area contributed by atoms with Gasteiger partial charge in [-0.25, -0.2) is 4.98 Å². The third kappa shape index (κ3) is 7.78. The molecule has 1 aromatic heterocycles. The lowest BCUT2D eigenvalue weighted by atomic mass is 9.92. The average Bonchev–Trinajstić information content (AvgIpc) is 3.31. The summed E-state index contributed by atoms with van der Waals surface area (Å²) in [7, 11) is 0. The normalized spacial score (nSPS) is 12.1. The van der Waals surface area contributed by atoms with E-state index in [1.165, 1.54) is 28.7 Å². The zero-order valence-electron chi connectivity index (χ0n) is 21.4. The van der Waals surface area contributed by atoms with Crippen molar-refractivity contribution in [3.8, 4) is 11.3 Å². The minimum absolute atomic E-state index is 0.0112. The number of carbonyl (C=O) groups excluding carboxylic acids is 2.